The van der Waals surface area contributed by atoms with E-state index in [2.05, 4.69) is 6.07 Å². The summed E-state index contributed by atoms with van der Waals surface area (Å²) in [6, 6.07) is 15.9. The van der Waals surface area contributed by atoms with Crippen molar-refractivity contribution in [2.24, 2.45) is 0 Å². The lowest BCUT2D eigenvalue weighted by Crippen LogP contribution is -2.05. The van der Waals surface area contributed by atoms with Crippen LogP contribution in [0.4, 0.5) is 0 Å². The molecule has 0 amide bonds. The van der Waals surface area contributed by atoms with Gasteiger partial charge in [0.15, 0.2) is 5.78 Å². The molecule has 1 nitrogen and oxygen atoms in total. The van der Waals surface area contributed by atoms with Crippen LogP contribution in [0.15, 0.2) is 48.5 Å². The highest BCUT2D eigenvalue weighted by Gasteiger charge is 2.08. The van der Waals surface area contributed by atoms with Crippen molar-refractivity contribution in [2.45, 2.75) is 20.3 Å². The molecule has 0 fully saturated rings. The quantitative estimate of drug-likeness (QED) is 0.726. The minimum atomic E-state index is 0.189. The van der Waals surface area contributed by atoms with Gasteiger partial charge in [-0.15, -0.1) is 0 Å². The van der Waals surface area contributed by atoms with Crippen molar-refractivity contribution in [3.8, 4) is 0 Å². The molecule has 0 unspecified atom stereocenters. The van der Waals surface area contributed by atoms with Crippen molar-refractivity contribution in [1.82, 2.24) is 0 Å². The van der Waals surface area contributed by atoms with E-state index in [0.717, 1.165) is 16.7 Å². The van der Waals surface area contributed by atoms with E-state index in [9.17, 15) is 4.79 Å². The monoisotopic (exact) mass is 224 g/mol. The summed E-state index contributed by atoms with van der Waals surface area (Å²) in [4.78, 5) is 12.1. The van der Waals surface area contributed by atoms with E-state index in [1.165, 1.54) is 5.56 Å². The highest BCUT2D eigenvalue weighted by atomic mass is 16.1. The summed E-state index contributed by atoms with van der Waals surface area (Å²) in [5, 5.41) is 0. The Bertz CT molecular complexity index is 541. The molecule has 0 saturated carbocycles. The largest absolute Gasteiger partial charge is 0.294 e. The standard InChI is InChI=1S/C16H16O/c1-12-6-5-8-14(10-12)11-16(17)15-9-4-3-7-13(15)2/h3-10H,11H2,1-2H3. The van der Waals surface area contributed by atoms with Gasteiger partial charge in [0.25, 0.3) is 0 Å². The zero-order chi connectivity index (χ0) is 12.3. The Morgan fingerprint density at radius 3 is 2.47 bits per heavy atom. The predicted octanol–water partition coefficient (Wildman–Crippen LogP) is 3.73. The van der Waals surface area contributed by atoms with E-state index >= 15 is 0 Å². The van der Waals surface area contributed by atoms with Crippen LogP contribution in [0.2, 0.25) is 0 Å². The Morgan fingerprint density at radius 1 is 1.00 bits per heavy atom. The highest BCUT2D eigenvalue weighted by Crippen LogP contribution is 2.12. The van der Waals surface area contributed by atoms with Gasteiger partial charge in [-0.05, 0) is 25.0 Å². The number of carbonyl (C=O) groups is 1. The molecule has 0 atom stereocenters. The molecule has 0 aliphatic heterocycles. The molecule has 0 aliphatic rings. The third kappa shape index (κ3) is 2.82. The first-order valence-corrected chi connectivity index (χ1v) is 5.81. The third-order valence-electron chi connectivity index (χ3n) is 2.89. The Labute approximate surface area is 102 Å². The molecule has 0 saturated heterocycles. The van der Waals surface area contributed by atoms with Gasteiger partial charge in [0.05, 0.1) is 0 Å². The first kappa shape index (κ1) is 11.6. The first-order valence-electron chi connectivity index (χ1n) is 5.81. The number of aryl methyl sites for hydroxylation is 2. The number of carbonyl (C=O) groups excluding carboxylic acids is 1. The van der Waals surface area contributed by atoms with Crippen molar-refractivity contribution in [1.29, 1.82) is 0 Å². The lowest BCUT2D eigenvalue weighted by atomic mass is 9.98. The van der Waals surface area contributed by atoms with Crippen LogP contribution in [-0.4, -0.2) is 5.78 Å². The van der Waals surface area contributed by atoms with Gasteiger partial charge >= 0.3 is 0 Å². The van der Waals surface area contributed by atoms with Crippen molar-refractivity contribution in [3.05, 3.63) is 70.8 Å². The van der Waals surface area contributed by atoms with Gasteiger partial charge in [-0.25, -0.2) is 0 Å². The normalized spacial score (nSPS) is 10.2. The van der Waals surface area contributed by atoms with Gasteiger partial charge in [0.2, 0.25) is 0 Å². The second kappa shape index (κ2) is 4.96. The van der Waals surface area contributed by atoms with Gasteiger partial charge in [-0.2, -0.15) is 0 Å². The molecular weight excluding hydrogens is 208 g/mol. The molecule has 0 aliphatic carbocycles. The Balaban J connectivity index is 2.20. The average Bonchev–Trinajstić information content (AvgIpc) is 2.29. The maximum absolute atomic E-state index is 12.1. The van der Waals surface area contributed by atoms with Crippen LogP contribution in [0, 0.1) is 13.8 Å². The Morgan fingerprint density at radius 2 is 1.76 bits per heavy atom. The molecule has 0 aromatic heterocycles. The number of hydrogen-bond donors (Lipinski definition) is 0. The van der Waals surface area contributed by atoms with Crippen LogP contribution in [-0.2, 0) is 6.42 Å². The van der Waals surface area contributed by atoms with E-state index in [-0.39, 0.29) is 5.78 Å². The molecule has 86 valence electrons. The van der Waals surface area contributed by atoms with E-state index < -0.39 is 0 Å². The van der Waals surface area contributed by atoms with E-state index in [0.29, 0.717) is 6.42 Å². The summed E-state index contributed by atoms with van der Waals surface area (Å²) in [6.45, 7) is 4.02. The number of hydrogen-bond acceptors (Lipinski definition) is 1. The summed E-state index contributed by atoms with van der Waals surface area (Å²) in [7, 11) is 0. The summed E-state index contributed by atoms with van der Waals surface area (Å²) in [5.74, 6) is 0.189. The molecule has 17 heavy (non-hydrogen) atoms. The first-order chi connectivity index (χ1) is 8.16. The third-order valence-corrected chi connectivity index (χ3v) is 2.89. The fraction of sp³-hybridized carbons (Fsp3) is 0.188. The Kier molecular flexibility index (Phi) is 3.38. The second-order valence-electron chi connectivity index (χ2n) is 4.40. The van der Waals surface area contributed by atoms with E-state index in [4.69, 9.17) is 0 Å². The summed E-state index contributed by atoms with van der Waals surface area (Å²) < 4.78 is 0. The number of rotatable bonds is 3. The molecule has 2 aromatic carbocycles. The molecule has 0 bridgehead atoms. The fourth-order valence-electron chi connectivity index (χ4n) is 1.99. The Hall–Kier alpha value is -1.89. The van der Waals surface area contributed by atoms with Gasteiger partial charge in [0, 0.05) is 12.0 Å². The fourth-order valence-corrected chi connectivity index (χ4v) is 1.99. The van der Waals surface area contributed by atoms with E-state index in [1.807, 2.05) is 56.3 Å². The van der Waals surface area contributed by atoms with Crippen LogP contribution < -0.4 is 0 Å². The van der Waals surface area contributed by atoms with Crippen LogP contribution in [0.5, 0.6) is 0 Å². The van der Waals surface area contributed by atoms with Gasteiger partial charge in [0.1, 0.15) is 0 Å². The molecule has 0 spiro atoms. The minimum absolute atomic E-state index is 0.189. The zero-order valence-corrected chi connectivity index (χ0v) is 10.2. The van der Waals surface area contributed by atoms with Crippen molar-refractivity contribution >= 4 is 5.78 Å². The second-order valence-corrected chi connectivity index (χ2v) is 4.40. The van der Waals surface area contributed by atoms with Gasteiger partial charge < -0.3 is 0 Å². The lowest BCUT2D eigenvalue weighted by Gasteiger charge is -2.05. The number of benzene rings is 2. The van der Waals surface area contributed by atoms with Gasteiger partial charge in [-0.1, -0.05) is 54.1 Å². The van der Waals surface area contributed by atoms with Crippen molar-refractivity contribution in [2.75, 3.05) is 0 Å². The minimum Gasteiger partial charge on any atom is -0.294 e. The summed E-state index contributed by atoms with van der Waals surface area (Å²) in [5.41, 5.74) is 4.15. The van der Waals surface area contributed by atoms with Gasteiger partial charge in [-0.3, -0.25) is 4.79 Å². The molecule has 0 heterocycles. The highest BCUT2D eigenvalue weighted by molar-refractivity contribution is 5.98. The SMILES string of the molecule is Cc1cccc(CC(=O)c2ccccc2C)c1. The van der Waals surface area contributed by atoms with Crippen molar-refractivity contribution < 1.29 is 4.79 Å². The summed E-state index contributed by atoms with van der Waals surface area (Å²) in [6.07, 6.45) is 0.479. The van der Waals surface area contributed by atoms with Crippen LogP contribution >= 0.6 is 0 Å². The van der Waals surface area contributed by atoms with Crippen molar-refractivity contribution in [3.63, 3.8) is 0 Å². The molecule has 1 heteroatoms. The number of Topliss-reactive ketones (excluding diaryl/α,β-unsaturated/α-hetero) is 1. The topological polar surface area (TPSA) is 17.1 Å². The van der Waals surface area contributed by atoms with Crippen LogP contribution in [0.1, 0.15) is 27.0 Å². The molecule has 2 aromatic rings. The lowest BCUT2D eigenvalue weighted by molar-refractivity contribution is 0.0992. The van der Waals surface area contributed by atoms with Crippen LogP contribution in [0.25, 0.3) is 0 Å². The smallest absolute Gasteiger partial charge is 0.167 e. The molecular formula is C16H16O. The zero-order valence-electron chi connectivity index (χ0n) is 10.2. The van der Waals surface area contributed by atoms with Crippen LogP contribution in [0.3, 0.4) is 0 Å². The predicted molar refractivity (Wildman–Crippen MR) is 70.4 cm³/mol. The molecule has 0 radical (unpaired) electrons. The maximum Gasteiger partial charge on any atom is 0.167 e. The molecule has 0 N–H and O–H groups in total. The number of ketones is 1. The van der Waals surface area contributed by atoms with E-state index in [1.54, 1.807) is 0 Å². The summed E-state index contributed by atoms with van der Waals surface area (Å²) >= 11 is 0. The average molecular weight is 224 g/mol. The maximum atomic E-state index is 12.1. The molecule has 2 rings (SSSR count).